The van der Waals surface area contributed by atoms with Crippen LogP contribution in [0, 0.1) is 5.92 Å². The number of nitrogens with one attached hydrogen (secondary N) is 2. The van der Waals surface area contributed by atoms with Crippen molar-refractivity contribution in [3.63, 3.8) is 0 Å². The molecule has 0 bridgehead atoms. The van der Waals surface area contributed by atoms with E-state index >= 15 is 0 Å². The number of urea groups is 1. The molecule has 0 aliphatic carbocycles. The zero-order chi connectivity index (χ0) is 11.8. The number of benzene rings is 1. The van der Waals surface area contributed by atoms with E-state index in [0.29, 0.717) is 19.1 Å². The summed E-state index contributed by atoms with van der Waals surface area (Å²) in [7, 11) is 0. The van der Waals surface area contributed by atoms with Gasteiger partial charge in [0.05, 0.1) is 6.61 Å². The molecule has 1 aromatic carbocycles. The van der Waals surface area contributed by atoms with Crippen LogP contribution in [-0.4, -0.2) is 12.6 Å². The van der Waals surface area contributed by atoms with E-state index in [1.165, 1.54) is 0 Å². The van der Waals surface area contributed by atoms with Gasteiger partial charge >= 0.3 is 6.03 Å². The average molecular weight is 222 g/mol. The summed E-state index contributed by atoms with van der Waals surface area (Å²) in [6.45, 7) is 5.05. The van der Waals surface area contributed by atoms with Crippen molar-refractivity contribution in [3.05, 3.63) is 35.9 Å². The van der Waals surface area contributed by atoms with Crippen molar-refractivity contribution < 1.29 is 9.63 Å². The normalized spacial score (nSPS) is 10.2. The lowest BCUT2D eigenvalue weighted by atomic mass is 10.2. The van der Waals surface area contributed by atoms with E-state index in [1.807, 2.05) is 44.2 Å². The van der Waals surface area contributed by atoms with E-state index in [-0.39, 0.29) is 6.03 Å². The van der Waals surface area contributed by atoms with Gasteiger partial charge in [-0.3, -0.25) is 4.84 Å². The summed E-state index contributed by atoms with van der Waals surface area (Å²) in [6.07, 6.45) is 0. The molecule has 0 heterocycles. The van der Waals surface area contributed by atoms with Crippen molar-refractivity contribution in [2.45, 2.75) is 20.4 Å². The highest BCUT2D eigenvalue weighted by molar-refractivity contribution is 5.72. The predicted molar refractivity (Wildman–Crippen MR) is 62.6 cm³/mol. The molecule has 0 fully saturated rings. The fourth-order valence-electron chi connectivity index (χ4n) is 1.09. The third kappa shape index (κ3) is 5.36. The molecular weight excluding hydrogens is 204 g/mol. The number of hydrogen-bond donors (Lipinski definition) is 2. The van der Waals surface area contributed by atoms with Crippen LogP contribution in [0.2, 0.25) is 0 Å². The van der Waals surface area contributed by atoms with Gasteiger partial charge in [0.15, 0.2) is 0 Å². The summed E-state index contributed by atoms with van der Waals surface area (Å²) in [6, 6.07) is 9.40. The maximum absolute atomic E-state index is 11.3. The fraction of sp³-hybridized carbons (Fsp3) is 0.417. The van der Waals surface area contributed by atoms with Gasteiger partial charge in [0.25, 0.3) is 0 Å². The molecule has 1 aromatic rings. The zero-order valence-corrected chi connectivity index (χ0v) is 9.69. The second kappa shape index (κ2) is 6.85. The topological polar surface area (TPSA) is 50.4 Å². The van der Waals surface area contributed by atoms with Crippen LogP contribution in [0.3, 0.4) is 0 Å². The Bertz CT molecular complexity index is 312. The lowest BCUT2D eigenvalue weighted by molar-refractivity contribution is 0.0440. The summed E-state index contributed by atoms with van der Waals surface area (Å²) in [4.78, 5) is 16.2. The van der Waals surface area contributed by atoms with Gasteiger partial charge in [0.2, 0.25) is 0 Å². The van der Waals surface area contributed by atoms with Crippen LogP contribution in [0.25, 0.3) is 0 Å². The van der Waals surface area contributed by atoms with Crippen LogP contribution in [0.15, 0.2) is 30.3 Å². The fourth-order valence-corrected chi connectivity index (χ4v) is 1.09. The molecule has 0 aromatic heterocycles. The molecule has 0 saturated heterocycles. The summed E-state index contributed by atoms with van der Waals surface area (Å²) >= 11 is 0. The highest BCUT2D eigenvalue weighted by atomic mass is 16.7. The number of carbonyl (C=O) groups is 1. The molecule has 2 N–H and O–H groups in total. The second-order valence-corrected chi connectivity index (χ2v) is 3.98. The van der Waals surface area contributed by atoms with Crippen molar-refractivity contribution in [2.75, 3.05) is 6.61 Å². The average Bonchev–Trinajstić information content (AvgIpc) is 2.27. The minimum absolute atomic E-state index is 0.315. The number of hydrogen-bond acceptors (Lipinski definition) is 2. The van der Waals surface area contributed by atoms with E-state index in [2.05, 4.69) is 10.8 Å². The third-order valence-electron chi connectivity index (χ3n) is 1.88. The smallest absolute Gasteiger partial charge is 0.332 e. The SMILES string of the molecule is CC(C)CONC(=O)NCc1ccccc1. The van der Waals surface area contributed by atoms with Crippen LogP contribution in [-0.2, 0) is 11.4 Å². The standard InChI is InChI=1S/C12H18N2O2/c1-10(2)9-16-14-12(15)13-8-11-6-4-3-5-7-11/h3-7,10H,8-9H2,1-2H3,(H2,13,14,15). The van der Waals surface area contributed by atoms with E-state index in [1.54, 1.807) is 0 Å². The molecule has 1 rings (SSSR count). The van der Waals surface area contributed by atoms with Crippen molar-refractivity contribution in [1.82, 2.24) is 10.8 Å². The van der Waals surface area contributed by atoms with Crippen molar-refractivity contribution in [3.8, 4) is 0 Å². The van der Waals surface area contributed by atoms with Gasteiger partial charge in [-0.25, -0.2) is 10.3 Å². The van der Waals surface area contributed by atoms with Gasteiger partial charge in [0, 0.05) is 6.54 Å². The summed E-state index contributed by atoms with van der Waals surface area (Å²) in [5.74, 6) is 0.398. The Morgan fingerprint density at radius 2 is 2.00 bits per heavy atom. The van der Waals surface area contributed by atoms with Gasteiger partial charge in [0.1, 0.15) is 0 Å². The van der Waals surface area contributed by atoms with Crippen LogP contribution in [0.1, 0.15) is 19.4 Å². The number of rotatable bonds is 5. The first kappa shape index (κ1) is 12.5. The number of hydroxylamine groups is 1. The minimum atomic E-state index is -0.315. The van der Waals surface area contributed by atoms with E-state index in [9.17, 15) is 4.79 Å². The largest absolute Gasteiger partial charge is 0.338 e. The molecule has 0 radical (unpaired) electrons. The number of carbonyl (C=O) groups excluding carboxylic acids is 1. The molecule has 16 heavy (non-hydrogen) atoms. The summed E-state index contributed by atoms with van der Waals surface area (Å²) in [5, 5.41) is 2.70. The Morgan fingerprint density at radius 3 is 2.62 bits per heavy atom. The maximum atomic E-state index is 11.3. The molecule has 88 valence electrons. The Labute approximate surface area is 95.9 Å². The van der Waals surface area contributed by atoms with Crippen molar-refractivity contribution >= 4 is 6.03 Å². The van der Waals surface area contributed by atoms with Crippen LogP contribution in [0.5, 0.6) is 0 Å². The minimum Gasteiger partial charge on any atom is -0.332 e. The van der Waals surface area contributed by atoms with E-state index < -0.39 is 0 Å². The monoisotopic (exact) mass is 222 g/mol. The molecule has 0 spiro atoms. The highest BCUT2D eigenvalue weighted by Gasteiger charge is 2.00. The molecular formula is C12H18N2O2. The Morgan fingerprint density at radius 1 is 1.31 bits per heavy atom. The van der Waals surface area contributed by atoms with Gasteiger partial charge in [-0.15, -0.1) is 0 Å². The first-order chi connectivity index (χ1) is 7.68. The van der Waals surface area contributed by atoms with Crippen LogP contribution >= 0.6 is 0 Å². The Hall–Kier alpha value is -1.55. The first-order valence-corrected chi connectivity index (χ1v) is 5.38. The molecule has 0 atom stereocenters. The second-order valence-electron chi connectivity index (χ2n) is 3.98. The van der Waals surface area contributed by atoms with Crippen LogP contribution < -0.4 is 10.8 Å². The Kier molecular flexibility index (Phi) is 5.36. The maximum Gasteiger partial charge on any atom is 0.338 e. The van der Waals surface area contributed by atoms with E-state index in [0.717, 1.165) is 5.56 Å². The summed E-state index contributed by atoms with van der Waals surface area (Å²) < 4.78 is 0. The summed E-state index contributed by atoms with van der Waals surface area (Å²) in [5.41, 5.74) is 3.39. The van der Waals surface area contributed by atoms with Gasteiger partial charge in [-0.05, 0) is 11.5 Å². The van der Waals surface area contributed by atoms with Crippen molar-refractivity contribution in [1.29, 1.82) is 0 Å². The molecule has 4 nitrogen and oxygen atoms in total. The lowest BCUT2D eigenvalue weighted by Crippen LogP contribution is -2.35. The molecule has 0 aliphatic heterocycles. The molecule has 4 heteroatoms. The first-order valence-electron chi connectivity index (χ1n) is 5.38. The van der Waals surface area contributed by atoms with Gasteiger partial charge in [-0.2, -0.15) is 0 Å². The van der Waals surface area contributed by atoms with Crippen LogP contribution in [0.4, 0.5) is 4.79 Å². The molecule has 0 saturated carbocycles. The quantitative estimate of drug-likeness (QED) is 0.749. The third-order valence-corrected chi connectivity index (χ3v) is 1.88. The van der Waals surface area contributed by atoms with Gasteiger partial charge < -0.3 is 5.32 Å². The Balaban J connectivity index is 2.16. The van der Waals surface area contributed by atoms with Gasteiger partial charge in [-0.1, -0.05) is 44.2 Å². The molecule has 2 amide bonds. The molecule has 0 aliphatic rings. The van der Waals surface area contributed by atoms with Crippen molar-refractivity contribution in [2.24, 2.45) is 5.92 Å². The van der Waals surface area contributed by atoms with E-state index in [4.69, 9.17) is 4.84 Å². The predicted octanol–water partition coefficient (Wildman–Crippen LogP) is 2.07. The molecule has 0 unspecified atom stereocenters. The lowest BCUT2D eigenvalue weighted by Gasteiger charge is -2.09. The highest BCUT2D eigenvalue weighted by Crippen LogP contribution is 1.96. The zero-order valence-electron chi connectivity index (χ0n) is 9.69. The number of amides is 2.